The lowest BCUT2D eigenvalue weighted by Gasteiger charge is -2.12. The Labute approximate surface area is 137 Å². The van der Waals surface area contributed by atoms with Crippen LogP contribution >= 0.6 is 0 Å². The van der Waals surface area contributed by atoms with Gasteiger partial charge in [0.2, 0.25) is 0 Å². The fraction of sp³-hybridized carbons (Fsp3) is 0.158. The molecule has 3 nitrogen and oxygen atoms in total. The van der Waals surface area contributed by atoms with Crippen molar-refractivity contribution in [1.82, 2.24) is 4.57 Å². The minimum atomic E-state index is -3.17. The van der Waals surface area contributed by atoms with Crippen molar-refractivity contribution in [3.8, 4) is 16.9 Å². The Morgan fingerprint density at radius 3 is 2.00 bits per heavy atom. The first-order chi connectivity index (χ1) is 10.9. The topological polar surface area (TPSA) is 39.1 Å². The predicted octanol–water partition coefficient (Wildman–Crippen LogP) is 4.16. The lowest BCUT2D eigenvalue weighted by molar-refractivity contribution is 0.602. The van der Waals surface area contributed by atoms with Gasteiger partial charge in [0.05, 0.1) is 10.6 Å². The maximum atomic E-state index is 11.6. The lowest BCUT2D eigenvalue weighted by atomic mass is 10.1. The second kappa shape index (κ2) is 5.70. The van der Waals surface area contributed by atoms with Gasteiger partial charge < -0.3 is 4.57 Å². The maximum absolute atomic E-state index is 11.6. The Morgan fingerprint density at radius 2 is 1.43 bits per heavy atom. The van der Waals surface area contributed by atoms with Crippen LogP contribution in [0.25, 0.3) is 16.9 Å². The Balaban J connectivity index is 2.10. The third kappa shape index (κ3) is 3.08. The summed E-state index contributed by atoms with van der Waals surface area (Å²) >= 11 is 0. The number of aromatic nitrogens is 1. The van der Waals surface area contributed by atoms with Crippen molar-refractivity contribution in [2.24, 2.45) is 0 Å². The summed E-state index contributed by atoms with van der Waals surface area (Å²) in [6, 6.07) is 17.5. The normalized spacial score (nSPS) is 11.6. The van der Waals surface area contributed by atoms with Crippen LogP contribution in [0.1, 0.15) is 11.1 Å². The number of sulfone groups is 1. The van der Waals surface area contributed by atoms with Gasteiger partial charge in [-0.3, -0.25) is 0 Å². The summed E-state index contributed by atoms with van der Waals surface area (Å²) in [5.74, 6) is 0. The summed E-state index contributed by atoms with van der Waals surface area (Å²) in [7, 11) is -3.17. The molecule has 0 N–H and O–H groups in total. The van der Waals surface area contributed by atoms with Gasteiger partial charge in [-0.2, -0.15) is 0 Å². The van der Waals surface area contributed by atoms with Crippen LogP contribution in [0.3, 0.4) is 0 Å². The molecule has 0 bridgehead atoms. The number of benzene rings is 2. The van der Waals surface area contributed by atoms with Gasteiger partial charge in [-0.25, -0.2) is 8.42 Å². The summed E-state index contributed by atoms with van der Waals surface area (Å²) in [6.07, 6.45) is 3.24. The molecule has 3 aromatic rings. The van der Waals surface area contributed by atoms with E-state index in [1.807, 2.05) is 18.3 Å². The SMILES string of the molecule is Cc1ccc(-c2c(C)ccn2-c2ccc(S(C)(=O)=O)cc2)cc1. The number of nitrogens with zero attached hydrogens (tertiary/aromatic N) is 1. The lowest BCUT2D eigenvalue weighted by Crippen LogP contribution is -1.99. The van der Waals surface area contributed by atoms with Gasteiger partial charge in [-0.1, -0.05) is 29.8 Å². The minimum absolute atomic E-state index is 0.335. The summed E-state index contributed by atoms with van der Waals surface area (Å²) in [4.78, 5) is 0.335. The molecule has 1 heterocycles. The van der Waals surface area contributed by atoms with Crippen molar-refractivity contribution in [3.05, 3.63) is 71.9 Å². The van der Waals surface area contributed by atoms with E-state index in [4.69, 9.17) is 0 Å². The van der Waals surface area contributed by atoms with Gasteiger partial charge in [0.1, 0.15) is 0 Å². The number of hydrogen-bond acceptors (Lipinski definition) is 2. The van der Waals surface area contributed by atoms with E-state index in [-0.39, 0.29) is 0 Å². The number of rotatable bonds is 3. The van der Waals surface area contributed by atoms with E-state index in [0.717, 1.165) is 16.9 Å². The fourth-order valence-corrected chi connectivity index (χ4v) is 3.31. The van der Waals surface area contributed by atoms with E-state index in [1.54, 1.807) is 12.1 Å². The zero-order chi connectivity index (χ0) is 16.6. The van der Waals surface area contributed by atoms with Crippen LogP contribution in [0.2, 0.25) is 0 Å². The van der Waals surface area contributed by atoms with Crippen LogP contribution in [-0.2, 0) is 9.84 Å². The van der Waals surface area contributed by atoms with E-state index in [2.05, 4.69) is 48.7 Å². The highest BCUT2D eigenvalue weighted by Crippen LogP contribution is 2.28. The van der Waals surface area contributed by atoms with Gasteiger partial charge in [0.25, 0.3) is 0 Å². The highest BCUT2D eigenvalue weighted by molar-refractivity contribution is 7.90. The van der Waals surface area contributed by atoms with Gasteiger partial charge >= 0.3 is 0 Å². The average Bonchev–Trinajstić information content (AvgIpc) is 2.89. The second-order valence-corrected chi connectivity index (χ2v) is 7.87. The molecule has 0 spiro atoms. The molecule has 0 aliphatic rings. The first kappa shape index (κ1) is 15.6. The highest BCUT2D eigenvalue weighted by atomic mass is 32.2. The van der Waals surface area contributed by atoms with E-state index in [1.165, 1.54) is 17.4 Å². The fourth-order valence-electron chi connectivity index (χ4n) is 2.68. The molecule has 0 fully saturated rings. The van der Waals surface area contributed by atoms with Gasteiger partial charge in [-0.15, -0.1) is 0 Å². The minimum Gasteiger partial charge on any atom is -0.316 e. The van der Waals surface area contributed by atoms with Crippen LogP contribution in [0.5, 0.6) is 0 Å². The maximum Gasteiger partial charge on any atom is 0.175 e. The van der Waals surface area contributed by atoms with Crippen LogP contribution in [0.4, 0.5) is 0 Å². The van der Waals surface area contributed by atoms with E-state index < -0.39 is 9.84 Å². The van der Waals surface area contributed by atoms with E-state index >= 15 is 0 Å². The summed E-state index contributed by atoms with van der Waals surface area (Å²) < 4.78 is 25.3. The molecule has 0 radical (unpaired) electrons. The van der Waals surface area contributed by atoms with Crippen molar-refractivity contribution in [2.45, 2.75) is 18.7 Å². The van der Waals surface area contributed by atoms with E-state index in [0.29, 0.717) is 4.90 Å². The van der Waals surface area contributed by atoms with Crippen LogP contribution < -0.4 is 0 Å². The quantitative estimate of drug-likeness (QED) is 0.725. The molecule has 4 heteroatoms. The Bertz CT molecular complexity index is 934. The van der Waals surface area contributed by atoms with Crippen LogP contribution in [-0.4, -0.2) is 19.2 Å². The third-order valence-corrected chi connectivity index (χ3v) is 5.08. The molecule has 0 atom stereocenters. The molecule has 23 heavy (non-hydrogen) atoms. The second-order valence-electron chi connectivity index (χ2n) is 5.85. The molecule has 1 aromatic heterocycles. The van der Waals surface area contributed by atoms with Crippen LogP contribution in [0.15, 0.2) is 65.7 Å². The first-order valence-corrected chi connectivity index (χ1v) is 9.31. The van der Waals surface area contributed by atoms with Crippen molar-refractivity contribution in [1.29, 1.82) is 0 Å². The molecule has 0 saturated carbocycles. The number of hydrogen-bond donors (Lipinski definition) is 0. The molecular formula is C19H19NO2S. The van der Waals surface area contributed by atoms with Gasteiger partial charge in [-0.05, 0) is 55.3 Å². The van der Waals surface area contributed by atoms with Gasteiger partial charge in [0, 0.05) is 18.1 Å². The smallest absolute Gasteiger partial charge is 0.175 e. The Kier molecular flexibility index (Phi) is 3.86. The molecule has 2 aromatic carbocycles. The molecule has 3 rings (SSSR count). The van der Waals surface area contributed by atoms with Crippen molar-refractivity contribution < 1.29 is 8.42 Å². The highest BCUT2D eigenvalue weighted by Gasteiger charge is 2.11. The Hall–Kier alpha value is -2.33. The first-order valence-electron chi connectivity index (χ1n) is 7.42. The van der Waals surface area contributed by atoms with Crippen molar-refractivity contribution in [2.75, 3.05) is 6.26 Å². The zero-order valence-corrected chi connectivity index (χ0v) is 14.3. The standard InChI is InChI=1S/C19H19NO2S/c1-14-4-6-16(7-5-14)19-15(2)12-13-20(19)17-8-10-18(11-9-17)23(3,21)22/h4-13H,1-3H3. The zero-order valence-electron chi connectivity index (χ0n) is 13.4. The molecule has 118 valence electrons. The largest absolute Gasteiger partial charge is 0.316 e. The summed E-state index contributed by atoms with van der Waals surface area (Å²) in [6.45, 7) is 4.15. The molecule has 0 unspecified atom stereocenters. The predicted molar refractivity (Wildman–Crippen MR) is 93.8 cm³/mol. The third-order valence-electron chi connectivity index (χ3n) is 3.96. The van der Waals surface area contributed by atoms with E-state index in [9.17, 15) is 8.42 Å². The summed E-state index contributed by atoms with van der Waals surface area (Å²) in [5.41, 5.74) is 5.62. The molecule has 0 saturated heterocycles. The molecule has 0 amide bonds. The van der Waals surface area contributed by atoms with Crippen molar-refractivity contribution >= 4 is 9.84 Å². The summed E-state index contributed by atoms with van der Waals surface area (Å²) in [5, 5.41) is 0. The van der Waals surface area contributed by atoms with Crippen LogP contribution in [0, 0.1) is 13.8 Å². The monoisotopic (exact) mass is 325 g/mol. The van der Waals surface area contributed by atoms with Crippen molar-refractivity contribution in [3.63, 3.8) is 0 Å². The van der Waals surface area contributed by atoms with Gasteiger partial charge in [0.15, 0.2) is 9.84 Å². The Morgan fingerprint density at radius 1 is 0.826 bits per heavy atom. The average molecular weight is 325 g/mol. The number of aryl methyl sites for hydroxylation is 2. The molecule has 0 aliphatic carbocycles. The molecule has 0 aliphatic heterocycles. The molecular weight excluding hydrogens is 306 g/mol.